The normalized spacial score (nSPS) is 22.3. The number of fused-ring (bicyclic) bond motifs is 1. The van der Waals surface area contributed by atoms with Crippen molar-refractivity contribution in [2.45, 2.75) is 70.8 Å². The third-order valence-electron chi connectivity index (χ3n) is 4.65. The van der Waals surface area contributed by atoms with Gasteiger partial charge in [0.05, 0.1) is 6.10 Å². The summed E-state index contributed by atoms with van der Waals surface area (Å²) in [5, 5.41) is 10.0. The van der Waals surface area contributed by atoms with E-state index in [1.54, 1.807) is 0 Å². The fourth-order valence-corrected chi connectivity index (χ4v) is 3.05. The van der Waals surface area contributed by atoms with Crippen molar-refractivity contribution in [1.29, 1.82) is 0 Å². The average Bonchev–Trinajstić information content (AvgIpc) is 2.34. The standard InChI is InChI=1S/C17H26O/c1-6-15(18)12-7-8-13-14(11-12)17(4,5)10-9-16(13,2)3/h7-8,11,15,18H,6,9-10H2,1-5H3/t15-/m1/s1. The molecule has 0 fully saturated rings. The topological polar surface area (TPSA) is 20.2 Å². The molecule has 0 aliphatic heterocycles. The van der Waals surface area contributed by atoms with Gasteiger partial charge in [0, 0.05) is 0 Å². The molecule has 1 aliphatic rings. The number of benzene rings is 1. The second-order valence-electron chi connectivity index (χ2n) is 7.00. The molecule has 1 heteroatoms. The summed E-state index contributed by atoms with van der Waals surface area (Å²) in [4.78, 5) is 0. The summed E-state index contributed by atoms with van der Waals surface area (Å²) >= 11 is 0. The Bertz CT molecular complexity index is 443. The first kappa shape index (κ1) is 13.6. The molecule has 1 nitrogen and oxygen atoms in total. The molecule has 0 unspecified atom stereocenters. The zero-order valence-corrected chi connectivity index (χ0v) is 12.4. The van der Waals surface area contributed by atoms with Gasteiger partial charge in [0.1, 0.15) is 0 Å². The van der Waals surface area contributed by atoms with Gasteiger partial charge in [-0.1, -0.05) is 52.8 Å². The van der Waals surface area contributed by atoms with E-state index < -0.39 is 0 Å². The van der Waals surface area contributed by atoms with Crippen LogP contribution >= 0.6 is 0 Å². The van der Waals surface area contributed by atoms with E-state index >= 15 is 0 Å². The predicted molar refractivity (Wildman–Crippen MR) is 77.0 cm³/mol. The van der Waals surface area contributed by atoms with E-state index in [0.29, 0.717) is 0 Å². The minimum atomic E-state index is -0.323. The molecule has 1 atom stereocenters. The largest absolute Gasteiger partial charge is 0.388 e. The Morgan fingerprint density at radius 1 is 1.06 bits per heavy atom. The average molecular weight is 246 g/mol. The summed E-state index contributed by atoms with van der Waals surface area (Å²) in [7, 11) is 0. The number of aliphatic hydroxyl groups is 1. The molecular weight excluding hydrogens is 220 g/mol. The molecule has 1 aromatic rings. The van der Waals surface area contributed by atoms with Crippen LogP contribution in [0.1, 0.15) is 76.7 Å². The predicted octanol–water partition coefficient (Wildman–Crippen LogP) is 4.48. The van der Waals surface area contributed by atoms with Crippen LogP contribution < -0.4 is 0 Å². The number of rotatable bonds is 2. The van der Waals surface area contributed by atoms with E-state index in [1.165, 1.54) is 24.0 Å². The van der Waals surface area contributed by atoms with Crippen LogP contribution in [0.5, 0.6) is 0 Å². The molecule has 1 N–H and O–H groups in total. The molecule has 0 amide bonds. The van der Waals surface area contributed by atoms with Crippen molar-refractivity contribution in [3.05, 3.63) is 34.9 Å². The van der Waals surface area contributed by atoms with E-state index in [9.17, 15) is 5.11 Å². The van der Waals surface area contributed by atoms with Gasteiger partial charge in [0.2, 0.25) is 0 Å². The Balaban J connectivity index is 2.55. The Hall–Kier alpha value is -0.820. The van der Waals surface area contributed by atoms with Crippen LogP contribution in [0.3, 0.4) is 0 Å². The van der Waals surface area contributed by atoms with Crippen LogP contribution in [0.25, 0.3) is 0 Å². The molecule has 18 heavy (non-hydrogen) atoms. The van der Waals surface area contributed by atoms with Crippen LogP contribution in [0.2, 0.25) is 0 Å². The van der Waals surface area contributed by atoms with Gasteiger partial charge in [-0.05, 0) is 46.8 Å². The van der Waals surface area contributed by atoms with Crippen LogP contribution in [0, 0.1) is 0 Å². The van der Waals surface area contributed by atoms with Crippen molar-refractivity contribution < 1.29 is 5.11 Å². The lowest BCUT2D eigenvalue weighted by Crippen LogP contribution is -2.34. The fourth-order valence-electron chi connectivity index (χ4n) is 3.05. The number of hydrogen-bond acceptors (Lipinski definition) is 1. The van der Waals surface area contributed by atoms with E-state index in [2.05, 4.69) is 45.9 Å². The maximum atomic E-state index is 10.0. The summed E-state index contributed by atoms with van der Waals surface area (Å²) in [6, 6.07) is 6.59. The quantitative estimate of drug-likeness (QED) is 0.815. The highest BCUT2D eigenvalue weighted by Crippen LogP contribution is 2.46. The Morgan fingerprint density at radius 2 is 1.61 bits per heavy atom. The summed E-state index contributed by atoms with van der Waals surface area (Å²) < 4.78 is 0. The van der Waals surface area contributed by atoms with Crippen LogP contribution in [-0.2, 0) is 10.8 Å². The summed E-state index contributed by atoms with van der Waals surface area (Å²) in [5.74, 6) is 0. The Morgan fingerprint density at radius 3 is 2.17 bits per heavy atom. The molecular formula is C17H26O. The van der Waals surface area contributed by atoms with Gasteiger partial charge in [0.25, 0.3) is 0 Å². The van der Waals surface area contributed by atoms with E-state index in [-0.39, 0.29) is 16.9 Å². The van der Waals surface area contributed by atoms with Crippen LogP contribution in [-0.4, -0.2) is 5.11 Å². The molecule has 100 valence electrons. The molecule has 0 saturated carbocycles. The summed E-state index contributed by atoms with van der Waals surface area (Å²) in [6.45, 7) is 11.3. The molecule has 0 bridgehead atoms. The summed E-state index contributed by atoms with van der Waals surface area (Å²) in [5.41, 5.74) is 4.46. The maximum absolute atomic E-state index is 10.0. The fraction of sp³-hybridized carbons (Fsp3) is 0.647. The second kappa shape index (κ2) is 4.38. The van der Waals surface area contributed by atoms with Crippen molar-refractivity contribution in [2.75, 3.05) is 0 Å². The van der Waals surface area contributed by atoms with E-state index in [1.807, 2.05) is 6.92 Å². The smallest absolute Gasteiger partial charge is 0.0787 e. The van der Waals surface area contributed by atoms with Crippen LogP contribution in [0.15, 0.2) is 18.2 Å². The zero-order valence-electron chi connectivity index (χ0n) is 12.4. The Labute approximate surface area is 111 Å². The third kappa shape index (κ3) is 2.21. The molecule has 1 aromatic carbocycles. The van der Waals surface area contributed by atoms with Crippen molar-refractivity contribution in [3.8, 4) is 0 Å². The van der Waals surface area contributed by atoms with Gasteiger partial charge in [-0.15, -0.1) is 0 Å². The van der Waals surface area contributed by atoms with Gasteiger partial charge in [-0.2, -0.15) is 0 Å². The van der Waals surface area contributed by atoms with Gasteiger partial charge in [-0.3, -0.25) is 0 Å². The molecule has 2 rings (SSSR count). The van der Waals surface area contributed by atoms with Crippen molar-refractivity contribution in [1.82, 2.24) is 0 Å². The third-order valence-corrected chi connectivity index (χ3v) is 4.65. The molecule has 0 spiro atoms. The molecule has 0 aromatic heterocycles. The van der Waals surface area contributed by atoms with Crippen molar-refractivity contribution in [3.63, 3.8) is 0 Å². The SMILES string of the molecule is CC[C@@H](O)c1ccc2c(c1)C(C)(C)CCC2(C)C. The van der Waals surface area contributed by atoms with Crippen molar-refractivity contribution >= 4 is 0 Å². The molecule has 0 saturated heterocycles. The highest BCUT2D eigenvalue weighted by molar-refractivity contribution is 5.44. The number of hydrogen-bond donors (Lipinski definition) is 1. The lowest BCUT2D eigenvalue weighted by molar-refractivity contribution is 0.173. The second-order valence-corrected chi connectivity index (χ2v) is 7.00. The van der Waals surface area contributed by atoms with Crippen molar-refractivity contribution in [2.24, 2.45) is 0 Å². The first-order valence-electron chi connectivity index (χ1n) is 7.11. The molecule has 0 heterocycles. The lowest BCUT2D eigenvalue weighted by Gasteiger charge is -2.42. The maximum Gasteiger partial charge on any atom is 0.0787 e. The summed E-state index contributed by atoms with van der Waals surface area (Å²) in [6.07, 6.45) is 2.92. The minimum absolute atomic E-state index is 0.230. The van der Waals surface area contributed by atoms with E-state index in [0.717, 1.165) is 12.0 Å². The van der Waals surface area contributed by atoms with Crippen LogP contribution in [0.4, 0.5) is 0 Å². The lowest BCUT2D eigenvalue weighted by atomic mass is 9.63. The van der Waals surface area contributed by atoms with Gasteiger partial charge >= 0.3 is 0 Å². The highest BCUT2D eigenvalue weighted by Gasteiger charge is 2.37. The first-order chi connectivity index (χ1) is 8.28. The Kier molecular flexibility index (Phi) is 3.31. The monoisotopic (exact) mass is 246 g/mol. The van der Waals surface area contributed by atoms with Gasteiger partial charge < -0.3 is 5.11 Å². The van der Waals surface area contributed by atoms with Gasteiger partial charge in [-0.25, -0.2) is 0 Å². The van der Waals surface area contributed by atoms with Gasteiger partial charge in [0.15, 0.2) is 0 Å². The number of aliphatic hydroxyl groups excluding tert-OH is 1. The first-order valence-corrected chi connectivity index (χ1v) is 7.11. The zero-order chi connectivity index (χ0) is 13.6. The highest BCUT2D eigenvalue weighted by atomic mass is 16.3. The molecule has 1 aliphatic carbocycles. The van der Waals surface area contributed by atoms with E-state index in [4.69, 9.17) is 0 Å². The molecule has 0 radical (unpaired) electrons. The minimum Gasteiger partial charge on any atom is -0.388 e.